The normalized spacial score (nSPS) is 16.7. The first-order chi connectivity index (χ1) is 7.63. The molecule has 0 saturated carbocycles. The van der Waals surface area contributed by atoms with E-state index < -0.39 is 0 Å². The lowest BCUT2D eigenvalue weighted by molar-refractivity contribution is -0.120. The molecule has 4 nitrogen and oxygen atoms in total. The maximum atomic E-state index is 11.5. The molecule has 0 saturated heterocycles. The van der Waals surface area contributed by atoms with Gasteiger partial charge in [-0.15, -0.1) is 0 Å². The fraction of sp³-hybridized carbons (Fsp3) is 0.364. The van der Waals surface area contributed by atoms with Gasteiger partial charge in [0.25, 0.3) is 5.91 Å². The number of rotatable bonds is 2. The van der Waals surface area contributed by atoms with E-state index >= 15 is 0 Å². The SMILES string of the molecule is CNC(Br)c1ccc2c(c1)N(C)C(=O)CO2. The maximum Gasteiger partial charge on any atom is 0.264 e. The van der Waals surface area contributed by atoms with E-state index in [0.717, 1.165) is 17.0 Å². The summed E-state index contributed by atoms with van der Waals surface area (Å²) in [5.74, 6) is 0.724. The Hall–Kier alpha value is -1.07. The summed E-state index contributed by atoms with van der Waals surface area (Å²) in [7, 11) is 3.63. The molecule has 1 aromatic carbocycles. The summed E-state index contributed by atoms with van der Waals surface area (Å²) in [6.07, 6.45) is 0. The van der Waals surface area contributed by atoms with Crippen molar-refractivity contribution in [1.82, 2.24) is 5.32 Å². The first-order valence-corrected chi connectivity index (χ1v) is 5.89. The number of anilines is 1. The maximum absolute atomic E-state index is 11.5. The molecule has 1 heterocycles. The lowest BCUT2D eigenvalue weighted by Crippen LogP contribution is -2.35. The quantitative estimate of drug-likeness (QED) is 0.663. The van der Waals surface area contributed by atoms with Crippen molar-refractivity contribution in [3.05, 3.63) is 23.8 Å². The highest BCUT2D eigenvalue weighted by Gasteiger charge is 2.22. The van der Waals surface area contributed by atoms with Gasteiger partial charge in [-0.25, -0.2) is 0 Å². The van der Waals surface area contributed by atoms with E-state index in [9.17, 15) is 4.79 Å². The van der Waals surface area contributed by atoms with Crippen molar-refractivity contribution < 1.29 is 9.53 Å². The number of hydrogen-bond acceptors (Lipinski definition) is 3. The number of amides is 1. The van der Waals surface area contributed by atoms with E-state index in [4.69, 9.17) is 4.74 Å². The molecule has 5 heteroatoms. The highest BCUT2D eigenvalue weighted by molar-refractivity contribution is 9.09. The van der Waals surface area contributed by atoms with E-state index in [1.165, 1.54) is 0 Å². The zero-order chi connectivity index (χ0) is 11.7. The average Bonchev–Trinajstić information content (AvgIpc) is 2.32. The number of hydrogen-bond donors (Lipinski definition) is 1. The molecule has 0 radical (unpaired) electrons. The van der Waals surface area contributed by atoms with Crippen LogP contribution in [-0.4, -0.2) is 26.6 Å². The Kier molecular flexibility index (Phi) is 3.16. The van der Waals surface area contributed by atoms with Gasteiger partial charge in [-0.1, -0.05) is 22.0 Å². The predicted molar refractivity (Wildman–Crippen MR) is 66.1 cm³/mol. The summed E-state index contributed by atoms with van der Waals surface area (Å²) in [6.45, 7) is 0.118. The lowest BCUT2D eigenvalue weighted by atomic mass is 10.1. The molecule has 1 amide bonds. The van der Waals surface area contributed by atoms with Crippen LogP contribution in [0, 0.1) is 0 Å². The molecular weight excluding hydrogens is 272 g/mol. The summed E-state index contributed by atoms with van der Waals surface area (Å²) >= 11 is 3.49. The van der Waals surface area contributed by atoms with Crippen LogP contribution in [-0.2, 0) is 4.79 Å². The van der Waals surface area contributed by atoms with Gasteiger partial charge in [0.05, 0.1) is 10.6 Å². The minimum atomic E-state index is -0.0276. The Morgan fingerprint density at radius 1 is 1.56 bits per heavy atom. The topological polar surface area (TPSA) is 41.6 Å². The van der Waals surface area contributed by atoms with E-state index in [2.05, 4.69) is 21.2 Å². The Bertz CT molecular complexity index is 422. The molecule has 1 aliphatic rings. The van der Waals surface area contributed by atoms with Gasteiger partial charge in [-0.3, -0.25) is 4.79 Å². The number of fused-ring (bicyclic) bond motifs is 1. The zero-order valence-corrected chi connectivity index (χ0v) is 10.7. The van der Waals surface area contributed by atoms with Gasteiger partial charge in [-0.2, -0.15) is 0 Å². The van der Waals surface area contributed by atoms with Crippen LogP contribution in [0.3, 0.4) is 0 Å². The van der Waals surface area contributed by atoms with Crippen LogP contribution >= 0.6 is 15.9 Å². The van der Waals surface area contributed by atoms with Crippen molar-refractivity contribution in [2.24, 2.45) is 0 Å². The van der Waals surface area contributed by atoms with Gasteiger partial charge in [0.1, 0.15) is 5.75 Å². The molecule has 1 aliphatic heterocycles. The number of alkyl halides is 1. The molecule has 0 aromatic heterocycles. The molecule has 1 atom stereocenters. The van der Waals surface area contributed by atoms with Crippen molar-refractivity contribution in [3.63, 3.8) is 0 Å². The molecule has 0 fully saturated rings. The molecule has 1 N–H and O–H groups in total. The van der Waals surface area contributed by atoms with E-state index in [0.29, 0.717) is 0 Å². The Labute approximate surface area is 103 Å². The lowest BCUT2D eigenvalue weighted by Gasteiger charge is -2.26. The molecule has 86 valence electrons. The Balaban J connectivity index is 2.40. The second-order valence-corrected chi connectivity index (χ2v) is 4.54. The highest BCUT2D eigenvalue weighted by atomic mass is 79.9. The van der Waals surface area contributed by atoms with Gasteiger partial charge in [0.2, 0.25) is 0 Å². The number of nitrogens with one attached hydrogen (secondary N) is 1. The van der Waals surface area contributed by atoms with Crippen LogP contribution < -0.4 is 15.0 Å². The minimum absolute atomic E-state index is 0.0276. The van der Waals surface area contributed by atoms with Crippen molar-refractivity contribution in [2.45, 2.75) is 4.95 Å². The van der Waals surface area contributed by atoms with Crippen LogP contribution in [0.1, 0.15) is 10.5 Å². The van der Waals surface area contributed by atoms with E-state index in [-0.39, 0.29) is 17.5 Å². The molecule has 16 heavy (non-hydrogen) atoms. The van der Waals surface area contributed by atoms with Crippen LogP contribution in [0.4, 0.5) is 5.69 Å². The zero-order valence-electron chi connectivity index (χ0n) is 9.16. The summed E-state index contributed by atoms with van der Waals surface area (Å²) < 4.78 is 5.35. The summed E-state index contributed by atoms with van der Waals surface area (Å²) in [6, 6.07) is 5.81. The smallest absolute Gasteiger partial charge is 0.264 e. The van der Waals surface area contributed by atoms with Gasteiger partial charge in [0, 0.05) is 7.05 Å². The van der Waals surface area contributed by atoms with Gasteiger partial charge >= 0.3 is 0 Å². The molecule has 1 unspecified atom stereocenters. The minimum Gasteiger partial charge on any atom is -0.482 e. The van der Waals surface area contributed by atoms with Crippen molar-refractivity contribution in [3.8, 4) is 5.75 Å². The molecule has 2 rings (SSSR count). The molecular formula is C11H13BrN2O2. The highest BCUT2D eigenvalue weighted by Crippen LogP contribution is 2.34. The van der Waals surface area contributed by atoms with Crippen LogP contribution in [0.5, 0.6) is 5.75 Å². The number of halogens is 1. The van der Waals surface area contributed by atoms with Gasteiger partial charge in [0.15, 0.2) is 6.61 Å². The largest absolute Gasteiger partial charge is 0.482 e. The van der Waals surface area contributed by atoms with E-state index in [1.54, 1.807) is 11.9 Å². The standard InChI is InChI=1S/C11H13BrN2O2/c1-13-11(12)7-3-4-9-8(5-7)14(2)10(15)6-16-9/h3-5,11,13H,6H2,1-2H3. The molecule has 0 spiro atoms. The molecule has 0 aliphatic carbocycles. The molecule has 1 aromatic rings. The fourth-order valence-corrected chi connectivity index (χ4v) is 1.90. The summed E-state index contributed by atoms with van der Waals surface area (Å²) in [5.41, 5.74) is 1.87. The number of benzene rings is 1. The number of nitrogens with zero attached hydrogens (tertiary/aromatic N) is 1. The van der Waals surface area contributed by atoms with Gasteiger partial charge in [-0.05, 0) is 24.7 Å². The second-order valence-electron chi connectivity index (χ2n) is 3.62. The average molecular weight is 285 g/mol. The van der Waals surface area contributed by atoms with Crippen molar-refractivity contribution >= 4 is 27.5 Å². The Morgan fingerprint density at radius 2 is 2.31 bits per heavy atom. The number of ether oxygens (including phenoxy) is 1. The third kappa shape index (κ3) is 1.92. The van der Waals surface area contributed by atoms with Crippen molar-refractivity contribution in [2.75, 3.05) is 25.6 Å². The van der Waals surface area contributed by atoms with Crippen LogP contribution in [0.2, 0.25) is 0 Å². The van der Waals surface area contributed by atoms with E-state index in [1.807, 2.05) is 25.2 Å². The third-order valence-electron chi connectivity index (χ3n) is 2.62. The first-order valence-electron chi connectivity index (χ1n) is 4.98. The van der Waals surface area contributed by atoms with Gasteiger partial charge < -0.3 is 15.0 Å². The summed E-state index contributed by atoms with van der Waals surface area (Å²) in [4.78, 5) is 13.2. The van der Waals surface area contributed by atoms with Crippen LogP contribution in [0.25, 0.3) is 0 Å². The Morgan fingerprint density at radius 3 is 3.00 bits per heavy atom. The van der Waals surface area contributed by atoms with Crippen LogP contribution in [0.15, 0.2) is 18.2 Å². The predicted octanol–water partition coefficient (Wildman–Crippen LogP) is 1.65. The number of likely N-dealkylation sites (N-methyl/N-ethyl adjacent to an activating group) is 1. The number of carbonyl (C=O) groups excluding carboxylic acids is 1. The monoisotopic (exact) mass is 284 g/mol. The first kappa shape index (κ1) is 11.4. The fourth-order valence-electron chi connectivity index (χ4n) is 1.61. The second kappa shape index (κ2) is 4.43. The third-order valence-corrected chi connectivity index (χ3v) is 3.60. The van der Waals surface area contributed by atoms with Crippen molar-refractivity contribution in [1.29, 1.82) is 0 Å². The molecule has 0 bridgehead atoms. The summed E-state index contributed by atoms with van der Waals surface area (Å²) in [5, 5.41) is 3.09. The number of carbonyl (C=O) groups is 1.